The van der Waals surface area contributed by atoms with Gasteiger partial charge in [0.1, 0.15) is 11.7 Å². The Bertz CT molecular complexity index is 664. The van der Waals surface area contributed by atoms with E-state index in [0.717, 1.165) is 5.69 Å². The van der Waals surface area contributed by atoms with Crippen molar-refractivity contribution in [2.75, 3.05) is 12.5 Å². The molecule has 2 unspecified atom stereocenters. The standard InChI is InChI=1S/C17H18N2O4/c1-11(18-19-12-6-4-3-5-7-12)16(17(22)23-2)14-9-8-13(20)10-15(14)21/h3-9,14,16,19H,10H2,1-2H3. The number of carbonyl (C=O) groups is 3. The van der Waals surface area contributed by atoms with Crippen LogP contribution in [0.15, 0.2) is 47.6 Å². The van der Waals surface area contributed by atoms with Crippen LogP contribution in [0.5, 0.6) is 0 Å². The predicted octanol–water partition coefficient (Wildman–Crippen LogP) is 1.98. The smallest absolute Gasteiger partial charge is 0.315 e. The number of rotatable bonds is 5. The number of allylic oxidation sites excluding steroid dienone is 2. The molecule has 0 fully saturated rings. The van der Waals surface area contributed by atoms with E-state index in [1.807, 2.05) is 30.3 Å². The first-order chi connectivity index (χ1) is 11.0. The number of esters is 1. The summed E-state index contributed by atoms with van der Waals surface area (Å²) < 4.78 is 4.80. The third-order valence-electron chi connectivity index (χ3n) is 3.61. The van der Waals surface area contributed by atoms with Gasteiger partial charge in [-0.25, -0.2) is 0 Å². The lowest BCUT2D eigenvalue weighted by atomic mass is 9.81. The van der Waals surface area contributed by atoms with E-state index >= 15 is 0 Å². The molecule has 0 bridgehead atoms. The molecule has 1 aromatic rings. The Hall–Kier alpha value is -2.76. The van der Waals surface area contributed by atoms with Gasteiger partial charge in [-0.3, -0.25) is 19.8 Å². The molecule has 6 heteroatoms. The van der Waals surface area contributed by atoms with Gasteiger partial charge in [-0.1, -0.05) is 24.3 Å². The van der Waals surface area contributed by atoms with Gasteiger partial charge >= 0.3 is 5.97 Å². The van der Waals surface area contributed by atoms with Crippen LogP contribution in [-0.2, 0) is 19.1 Å². The average molecular weight is 314 g/mol. The van der Waals surface area contributed by atoms with Crippen LogP contribution in [0, 0.1) is 11.8 Å². The number of nitrogens with zero attached hydrogens (tertiary/aromatic N) is 1. The van der Waals surface area contributed by atoms with Crippen LogP contribution >= 0.6 is 0 Å². The summed E-state index contributed by atoms with van der Waals surface area (Å²) >= 11 is 0. The minimum atomic E-state index is -0.854. The van der Waals surface area contributed by atoms with E-state index in [4.69, 9.17) is 4.74 Å². The molecule has 1 aromatic carbocycles. The maximum absolute atomic E-state index is 12.1. The van der Waals surface area contributed by atoms with Crippen molar-refractivity contribution in [3.05, 3.63) is 42.5 Å². The molecule has 0 aliphatic heterocycles. The average Bonchev–Trinajstić information content (AvgIpc) is 2.56. The SMILES string of the molecule is COC(=O)C(C(C)=NNc1ccccc1)C1C=CC(=O)CC1=O. The van der Waals surface area contributed by atoms with E-state index in [1.54, 1.807) is 6.92 Å². The van der Waals surface area contributed by atoms with Crippen LogP contribution in [0.2, 0.25) is 0 Å². The van der Waals surface area contributed by atoms with Crippen molar-refractivity contribution in [2.45, 2.75) is 13.3 Å². The van der Waals surface area contributed by atoms with Gasteiger partial charge in [0.25, 0.3) is 0 Å². The second kappa shape index (κ2) is 7.49. The van der Waals surface area contributed by atoms with Crippen LogP contribution in [0.1, 0.15) is 13.3 Å². The van der Waals surface area contributed by atoms with Crippen molar-refractivity contribution in [1.29, 1.82) is 0 Å². The molecule has 23 heavy (non-hydrogen) atoms. The lowest BCUT2D eigenvalue weighted by molar-refractivity contribution is -0.146. The summed E-state index contributed by atoms with van der Waals surface area (Å²) in [5, 5.41) is 4.19. The number of hydrogen-bond acceptors (Lipinski definition) is 6. The highest BCUT2D eigenvalue weighted by Gasteiger charge is 2.37. The maximum atomic E-state index is 12.1. The summed E-state index contributed by atoms with van der Waals surface area (Å²) in [7, 11) is 1.26. The molecule has 0 saturated carbocycles. The van der Waals surface area contributed by atoms with Crippen LogP contribution in [-0.4, -0.2) is 30.4 Å². The summed E-state index contributed by atoms with van der Waals surface area (Å²) in [4.78, 5) is 35.5. The van der Waals surface area contributed by atoms with E-state index in [9.17, 15) is 14.4 Å². The molecular formula is C17H18N2O4. The summed E-state index contributed by atoms with van der Waals surface area (Å²) in [5.74, 6) is -2.71. The van der Waals surface area contributed by atoms with Crippen LogP contribution in [0.4, 0.5) is 5.69 Å². The van der Waals surface area contributed by atoms with E-state index in [1.165, 1.54) is 19.3 Å². The first-order valence-electron chi connectivity index (χ1n) is 7.19. The van der Waals surface area contributed by atoms with Crippen LogP contribution in [0.3, 0.4) is 0 Å². The van der Waals surface area contributed by atoms with Crippen molar-refractivity contribution < 1.29 is 19.1 Å². The minimum Gasteiger partial charge on any atom is -0.468 e. The second-order valence-electron chi connectivity index (χ2n) is 5.23. The van der Waals surface area contributed by atoms with Crippen molar-refractivity contribution in [1.82, 2.24) is 0 Å². The van der Waals surface area contributed by atoms with Crippen LogP contribution < -0.4 is 5.43 Å². The summed E-state index contributed by atoms with van der Waals surface area (Å²) in [6, 6.07) is 9.23. The molecule has 0 radical (unpaired) electrons. The summed E-state index contributed by atoms with van der Waals surface area (Å²) in [6.07, 6.45) is 2.59. The fourth-order valence-corrected chi connectivity index (χ4v) is 2.40. The topological polar surface area (TPSA) is 84.8 Å². The van der Waals surface area contributed by atoms with Crippen molar-refractivity contribution in [3.63, 3.8) is 0 Å². The molecular weight excluding hydrogens is 296 g/mol. The second-order valence-corrected chi connectivity index (χ2v) is 5.23. The number of hydrazone groups is 1. The number of ether oxygens (including phenoxy) is 1. The van der Waals surface area contributed by atoms with Crippen molar-refractivity contribution in [3.8, 4) is 0 Å². The molecule has 1 aliphatic carbocycles. The molecule has 0 saturated heterocycles. The molecule has 2 rings (SSSR count). The predicted molar refractivity (Wildman–Crippen MR) is 85.9 cm³/mol. The molecule has 0 amide bonds. The van der Waals surface area contributed by atoms with Crippen molar-refractivity contribution >= 4 is 28.9 Å². The number of anilines is 1. The monoisotopic (exact) mass is 314 g/mol. The Balaban J connectivity index is 2.24. The van der Waals surface area contributed by atoms with E-state index < -0.39 is 17.8 Å². The van der Waals surface area contributed by atoms with Gasteiger partial charge in [0.2, 0.25) is 0 Å². The molecule has 1 N–H and O–H groups in total. The van der Waals surface area contributed by atoms with Gasteiger partial charge in [0.15, 0.2) is 5.78 Å². The van der Waals surface area contributed by atoms with E-state index in [-0.39, 0.29) is 18.0 Å². The summed E-state index contributed by atoms with van der Waals surface area (Å²) in [6.45, 7) is 1.65. The number of hydrogen-bond donors (Lipinski definition) is 1. The number of ketones is 2. The van der Waals surface area contributed by atoms with Gasteiger partial charge < -0.3 is 4.74 Å². The minimum absolute atomic E-state index is 0.200. The lowest BCUT2D eigenvalue weighted by Crippen LogP contribution is -2.37. The Labute approximate surface area is 134 Å². The van der Waals surface area contributed by atoms with Gasteiger partial charge in [0.05, 0.1) is 30.8 Å². The Morgan fingerprint density at radius 2 is 2.00 bits per heavy atom. The molecule has 0 heterocycles. The van der Waals surface area contributed by atoms with Gasteiger partial charge in [0, 0.05) is 0 Å². The molecule has 6 nitrogen and oxygen atoms in total. The van der Waals surface area contributed by atoms with Gasteiger partial charge in [-0.05, 0) is 25.1 Å². The molecule has 0 spiro atoms. The largest absolute Gasteiger partial charge is 0.468 e. The highest BCUT2D eigenvalue weighted by atomic mass is 16.5. The molecule has 2 atom stereocenters. The number of benzene rings is 1. The molecule has 120 valence electrons. The number of para-hydroxylation sites is 1. The zero-order valence-electron chi connectivity index (χ0n) is 13.0. The first kappa shape index (κ1) is 16.6. The Kier molecular flexibility index (Phi) is 5.41. The van der Waals surface area contributed by atoms with Gasteiger partial charge in [-0.2, -0.15) is 5.10 Å². The zero-order valence-corrected chi connectivity index (χ0v) is 13.0. The number of Topliss-reactive ketones (excluding diaryl/α,β-unsaturated/α-hetero) is 1. The third-order valence-corrected chi connectivity index (χ3v) is 3.61. The third kappa shape index (κ3) is 4.12. The Morgan fingerprint density at radius 1 is 1.30 bits per heavy atom. The van der Waals surface area contributed by atoms with E-state index in [0.29, 0.717) is 5.71 Å². The normalized spacial score (nSPS) is 19.4. The number of methoxy groups -OCH3 is 1. The van der Waals surface area contributed by atoms with Gasteiger partial charge in [-0.15, -0.1) is 0 Å². The fraction of sp³-hybridized carbons (Fsp3) is 0.294. The zero-order chi connectivity index (χ0) is 16.8. The van der Waals surface area contributed by atoms with Crippen molar-refractivity contribution in [2.24, 2.45) is 16.9 Å². The lowest BCUT2D eigenvalue weighted by Gasteiger charge is -2.23. The quantitative estimate of drug-likeness (QED) is 0.389. The summed E-state index contributed by atoms with van der Waals surface area (Å²) in [5.41, 5.74) is 4.02. The maximum Gasteiger partial charge on any atom is 0.315 e. The van der Waals surface area contributed by atoms with E-state index in [2.05, 4.69) is 10.5 Å². The highest BCUT2D eigenvalue weighted by molar-refractivity contribution is 6.13. The Morgan fingerprint density at radius 3 is 2.61 bits per heavy atom. The molecule has 0 aromatic heterocycles. The molecule has 1 aliphatic rings. The fourth-order valence-electron chi connectivity index (χ4n) is 2.40. The first-order valence-corrected chi connectivity index (χ1v) is 7.19. The highest BCUT2D eigenvalue weighted by Crippen LogP contribution is 2.23. The number of nitrogens with one attached hydrogen (secondary N) is 1. The number of carbonyl (C=O) groups excluding carboxylic acids is 3. The van der Waals surface area contributed by atoms with Crippen LogP contribution in [0.25, 0.3) is 0 Å².